The molecule has 12 aliphatic carbocycles. The molecule has 15 heteroatoms. The van der Waals surface area contributed by atoms with Crippen molar-refractivity contribution in [3.05, 3.63) is 0 Å². The summed E-state index contributed by atoms with van der Waals surface area (Å²) in [7, 11) is 0. The van der Waals surface area contributed by atoms with Crippen molar-refractivity contribution in [2.45, 2.75) is 296 Å². The van der Waals surface area contributed by atoms with Gasteiger partial charge in [-0.1, -0.05) is 68.2 Å². The van der Waals surface area contributed by atoms with E-state index in [1.807, 2.05) is 0 Å². The van der Waals surface area contributed by atoms with Gasteiger partial charge in [-0.2, -0.15) is 0 Å². The van der Waals surface area contributed by atoms with E-state index >= 15 is 0 Å². The van der Waals surface area contributed by atoms with Gasteiger partial charge >= 0.3 is 0 Å². The van der Waals surface area contributed by atoms with Crippen molar-refractivity contribution >= 4 is 35.4 Å². The van der Waals surface area contributed by atoms with Crippen molar-refractivity contribution in [3.8, 4) is 12.3 Å². The molecule has 0 aromatic carbocycles. The molecule has 522 valence electrons. The van der Waals surface area contributed by atoms with Crippen LogP contribution in [0, 0.1) is 151 Å². The maximum absolute atomic E-state index is 14.4. The Morgan fingerprint density at radius 2 is 0.720 bits per heavy atom. The average Bonchev–Trinajstić information content (AvgIpc) is 1.70. The molecule has 12 saturated carbocycles. The first kappa shape index (κ1) is 69.0. The number of aliphatic hydroxyl groups excluding tert-OH is 6. The smallest absolute Gasteiger partial charge is 0.243 e. The van der Waals surface area contributed by atoms with Crippen LogP contribution in [0.3, 0.4) is 0 Å². The molecule has 22 rings (SSSR count). The number of hydrogen-bond donors (Lipinski definition) is 10. The number of terminal acetylenes is 1. The van der Waals surface area contributed by atoms with Crippen molar-refractivity contribution in [1.29, 1.82) is 0 Å². The first-order valence-corrected chi connectivity index (χ1v) is 39.5. The summed E-state index contributed by atoms with van der Waals surface area (Å²) in [6, 6.07) is -0.795. The second kappa shape index (κ2) is 25.9. The van der Waals surface area contributed by atoms with Gasteiger partial charge in [-0.05, 0) is 293 Å². The van der Waals surface area contributed by atoms with E-state index in [2.05, 4.69) is 89.5 Å². The molecule has 0 radical (unpaired) electrons. The second-order valence-electron chi connectivity index (χ2n) is 36.7. The first-order chi connectivity index (χ1) is 44.1. The molecule has 10 saturated heterocycles. The zero-order valence-corrected chi connectivity index (χ0v) is 59.3. The topological polar surface area (TPSA) is 238 Å². The third-order valence-corrected chi connectivity index (χ3v) is 34.3. The molecule has 10 aliphatic heterocycles. The number of hydrogen-bond acceptors (Lipinski definition) is 11. The Labute approximate surface area is 562 Å². The minimum atomic E-state index is -0.763. The summed E-state index contributed by atoms with van der Waals surface area (Å²) < 4.78 is 0. The van der Waals surface area contributed by atoms with Crippen LogP contribution in [-0.2, 0) is 19.2 Å². The molecular formula is C78H124N4O10S. The van der Waals surface area contributed by atoms with Crippen LogP contribution in [0.4, 0.5) is 0 Å². The fourth-order valence-electron chi connectivity index (χ4n) is 28.1. The summed E-state index contributed by atoms with van der Waals surface area (Å²) in [5.74, 6) is 6.47. The molecule has 22 fully saturated rings. The Kier molecular flexibility index (Phi) is 19.3. The normalized spacial score (nSPS) is 55.1. The summed E-state index contributed by atoms with van der Waals surface area (Å²) in [6.07, 6.45) is 23.5. The zero-order chi connectivity index (χ0) is 66.2. The molecule has 34 atom stereocenters. The van der Waals surface area contributed by atoms with Gasteiger partial charge in [-0.3, -0.25) is 19.2 Å². The van der Waals surface area contributed by atoms with E-state index in [1.54, 1.807) is 0 Å². The molecule has 22 aliphatic rings. The van der Waals surface area contributed by atoms with Crippen LogP contribution < -0.4 is 21.3 Å². The minimum absolute atomic E-state index is 0.0375. The predicted octanol–water partition coefficient (Wildman–Crippen LogP) is 10.4. The first-order valence-electron chi connectivity index (χ1n) is 38.4. The average molecular weight is 1310 g/mol. The highest BCUT2D eigenvalue weighted by atomic mass is 32.2. The van der Waals surface area contributed by atoms with Gasteiger partial charge in [0.1, 0.15) is 6.04 Å². The molecule has 10 heterocycles. The molecule has 0 aromatic rings. The lowest BCUT2D eigenvalue weighted by atomic mass is 9.43. The molecule has 0 unspecified atom stereocenters. The fourth-order valence-corrected chi connectivity index (χ4v) is 28.8. The molecule has 0 spiro atoms. The highest BCUT2D eigenvalue weighted by Gasteiger charge is 2.70. The van der Waals surface area contributed by atoms with Gasteiger partial charge < -0.3 is 51.9 Å². The van der Waals surface area contributed by atoms with E-state index in [-0.39, 0.29) is 182 Å². The summed E-state index contributed by atoms with van der Waals surface area (Å²) in [6.45, 7) is 20.9. The zero-order valence-electron chi connectivity index (χ0n) is 58.5. The quantitative estimate of drug-likeness (QED) is 0.0942. The Balaban J connectivity index is 0.717. The van der Waals surface area contributed by atoms with Crippen LogP contribution in [0.15, 0.2) is 0 Å². The highest BCUT2D eigenvalue weighted by molar-refractivity contribution is 7.99. The monoisotopic (exact) mass is 1310 g/mol. The molecule has 14 nitrogen and oxygen atoms in total. The van der Waals surface area contributed by atoms with Crippen LogP contribution in [0.25, 0.3) is 0 Å². The standard InChI is InChI=1S/C78H124N4O10S/c1-11-30-93-40-59-72(92)81-49-26-29-75(7)46(33-49)36-62(85)71-55-19-16-51(77(55,9)65(88)39-58(71)75)42(3)13-22-67(90)79-47-24-27-73(5)44(31-47)34-60(83)69-53-18-15-50(76(53,8)63(86)37-56(69)73)41(2)12-21-66(89)80-48-25-28-74(6)45(32-48)35-61(84)70-54-20-17-52(43(4)14-23-68(91)82-59)78(54,10)64(87)38-57(70)74/h1,41-65,69-71,83-88H,12-40H2,2-10H3,(H,79,90)(H,80,89)(H,81,92)(H,82,91)/t41-,42-,43-,44+,45+,46+,47-,48-,49-,50-,51-,52-,53+,54+,55+,56+,57+,58+,59+,60-,61-,62-,63+,64+,65+,69+,70+,71+,73+,74+,75+,76-,77-,78-/m1/s1. The number of thioether (sulfide) groups is 1. The SMILES string of the molecule is C#CCSC[C@@H]1NC(=O)CC[C@@H](C)[C@H]2CC[C@H]3[C@@H]4[C@H](O)C[C@@H]5C[C@@H](CC[C@]5(C)[C@H]4C[C@H](O)[C@]23C)NC(=O)CC[C@@H](C)[C@H]2CC[C@H]3[C@@H]4[C@H](O)C[C@@H]5C[C@@H](CC[C@]5(C)[C@H]4C[C@H](O)[C@]23C)NC(=O)CC[C@@H](C)[C@H]2CC[C@H]3[C@@H]4[C@H](O)C[C@@H]5C[C@@H](CC[C@]5(C)[C@H]4C[C@H](O)[C@]23C)NC1=O. The van der Waals surface area contributed by atoms with Crippen molar-refractivity contribution < 1.29 is 49.8 Å². The fraction of sp³-hybridized carbons (Fsp3) is 0.923. The molecule has 0 aromatic heterocycles. The van der Waals surface area contributed by atoms with Gasteiger partial charge in [-0.15, -0.1) is 18.2 Å². The number of rotatable bonds is 3. The van der Waals surface area contributed by atoms with Crippen LogP contribution in [0.1, 0.15) is 236 Å². The number of amides is 4. The maximum Gasteiger partial charge on any atom is 0.243 e. The van der Waals surface area contributed by atoms with Gasteiger partial charge in [0.25, 0.3) is 0 Å². The van der Waals surface area contributed by atoms with Crippen LogP contribution >= 0.6 is 11.8 Å². The minimum Gasteiger partial charge on any atom is -0.393 e. The summed E-state index contributed by atoms with van der Waals surface area (Å²) >= 11 is 1.47. The lowest BCUT2D eigenvalue weighted by molar-refractivity contribution is -0.202. The largest absolute Gasteiger partial charge is 0.393 e. The number of aliphatic hydroxyl groups is 6. The molecule has 4 amide bonds. The second-order valence-corrected chi connectivity index (χ2v) is 37.8. The van der Waals surface area contributed by atoms with Crippen molar-refractivity contribution in [2.75, 3.05) is 11.5 Å². The summed E-state index contributed by atoms with van der Waals surface area (Å²) in [5.41, 5.74) is -1.33. The third kappa shape index (κ3) is 11.5. The Bertz CT molecular complexity index is 2820. The van der Waals surface area contributed by atoms with Crippen LogP contribution in [-0.4, -0.2) is 127 Å². The molecular weight excluding hydrogens is 1180 g/mol. The van der Waals surface area contributed by atoms with E-state index in [0.717, 1.165) is 116 Å². The molecule has 10 N–H and O–H groups in total. The van der Waals surface area contributed by atoms with Crippen molar-refractivity contribution in [3.63, 3.8) is 0 Å². The van der Waals surface area contributed by atoms with Gasteiger partial charge in [0.15, 0.2) is 0 Å². The maximum atomic E-state index is 14.4. The lowest BCUT2D eigenvalue weighted by Crippen LogP contribution is -2.63. The molecule has 93 heavy (non-hydrogen) atoms. The van der Waals surface area contributed by atoms with Gasteiger partial charge in [0.2, 0.25) is 23.6 Å². The van der Waals surface area contributed by atoms with E-state index in [9.17, 15) is 49.8 Å². The van der Waals surface area contributed by atoms with Gasteiger partial charge in [0.05, 0.1) is 42.4 Å². The lowest BCUT2D eigenvalue weighted by Gasteiger charge is -2.64. The molecule has 24 bridgehead atoms. The number of nitrogens with one attached hydrogen (secondary N) is 4. The Morgan fingerprint density at radius 1 is 0.409 bits per heavy atom. The Morgan fingerprint density at radius 3 is 1.05 bits per heavy atom. The van der Waals surface area contributed by atoms with Crippen LogP contribution in [0.5, 0.6) is 0 Å². The van der Waals surface area contributed by atoms with E-state index in [0.29, 0.717) is 62.9 Å². The summed E-state index contributed by atoms with van der Waals surface area (Å²) in [4.78, 5) is 56.7. The van der Waals surface area contributed by atoms with Gasteiger partial charge in [-0.25, -0.2) is 0 Å². The van der Waals surface area contributed by atoms with Crippen molar-refractivity contribution in [2.24, 2.45) is 139 Å². The van der Waals surface area contributed by atoms with Crippen LogP contribution in [0.2, 0.25) is 0 Å². The van der Waals surface area contributed by atoms with Gasteiger partial charge in [0, 0.05) is 43.1 Å². The highest BCUT2D eigenvalue weighted by Crippen LogP contribution is 2.72. The van der Waals surface area contributed by atoms with E-state index < -0.39 is 48.1 Å². The van der Waals surface area contributed by atoms with E-state index in [1.165, 1.54) is 11.8 Å². The number of carbonyl (C=O) groups is 4. The predicted molar refractivity (Wildman–Crippen MR) is 363 cm³/mol. The van der Waals surface area contributed by atoms with E-state index in [4.69, 9.17) is 6.42 Å². The Hall–Kier alpha value is -2.45. The van der Waals surface area contributed by atoms with Crippen molar-refractivity contribution in [1.82, 2.24) is 21.3 Å². The summed E-state index contributed by atoms with van der Waals surface area (Å²) in [5, 5.41) is 88.4. The third-order valence-electron chi connectivity index (χ3n) is 33.3. The number of carbonyl (C=O) groups excluding carboxylic acids is 4.